The number of halogens is 1. The number of carbonyl (C=O) groups excluding carboxylic acids is 1. The molecule has 19 heavy (non-hydrogen) atoms. The van der Waals surface area contributed by atoms with Crippen molar-refractivity contribution in [2.24, 2.45) is 5.92 Å². The van der Waals surface area contributed by atoms with Crippen LogP contribution in [0.15, 0.2) is 18.2 Å². The first-order valence-electron chi connectivity index (χ1n) is 6.70. The van der Waals surface area contributed by atoms with Crippen LogP contribution in [0.1, 0.15) is 37.0 Å². The maximum Gasteiger partial charge on any atom is 0.165 e. The Morgan fingerprint density at radius 1 is 1.58 bits per heavy atom. The van der Waals surface area contributed by atoms with E-state index < -0.39 is 0 Å². The zero-order valence-corrected chi connectivity index (χ0v) is 12.1. The smallest absolute Gasteiger partial charge is 0.165 e. The Hall–Kier alpha value is -1.06. The molecule has 0 aromatic heterocycles. The summed E-state index contributed by atoms with van der Waals surface area (Å²) in [6.07, 6.45) is 1.77. The van der Waals surface area contributed by atoms with Gasteiger partial charge in [-0.2, -0.15) is 0 Å². The molecule has 1 unspecified atom stereocenters. The van der Waals surface area contributed by atoms with Gasteiger partial charge in [-0.05, 0) is 24.6 Å². The molecule has 0 saturated carbocycles. The molecule has 0 amide bonds. The van der Waals surface area contributed by atoms with Crippen molar-refractivity contribution in [1.82, 2.24) is 0 Å². The lowest BCUT2D eigenvalue weighted by Crippen LogP contribution is -2.16. The second-order valence-corrected chi connectivity index (χ2v) is 5.33. The minimum atomic E-state index is 0.0195. The predicted octanol–water partition coefficient (Wildman–Crippen LogP) is 3.74. The van der Waals surface area contributed by atoms with Crippen LogP contribution in [0.2, 0.25) is 5.02 Å². The molecule has 4 heteroatoms. The van der Waals surface area contributed by atoms with Gasteiger partial charge in [0.15, 0.2) is 5.78 Å². The van der Waals surface area contributed by atoms with Crippen molar-refractivity contribution >= 4 is 17.4 Å². The first-order chi connectivity index (χ1) is 9.11. The topological polar surface area (TPSA) is 35.5 Å². The monoisotopic (exact) mass is 282 g/mol. The van der Waals surface area contributed by atoms with Gasteiger partial charge in [0.05, 0.1) is 18.2 Å². The second kappa shape index (κ2) is 6.40. The number of ether oxygens (including phenoxy) is 2. The molecule has 0 bridgehead atoms. The van der Waals surface area contributed by atoms with Gasteiger partial charge in [0.1, 0.15) is 11.9 Å². The van der Waals surface area contributed by atoms with Crippen molar-refractivity contribution in [2.45, 2.75) is 32.8 Å². The normalized spacial score (nSPS) is 20.3. The van der Waals surface area contributed by atoms with Crippen molar-refractivity contribution in [3.8, 4) is 5.75 Å². The van der Waals surface area contributed by atoms with Crippen LogP contribution in [0, 0.1) is 5.92 Å². The summed E-state index contributed by atoms with van der Waals surface area (Å²) in [7, 11) is 0. The van der Waals surface area contributed by atoms with Gasteiger partial charge >= 0.3 is 0 Å². The molecule has 104 valence electrons. The van der Waals surface area contributed by atoms with Gasteiger partial charge < -0.3 is 9.47 Å². The molecule has 1 saturated heterocycles. The van der Waals surface area contributed by atoms with Crippen LogP contribution in [0.5, 0.6) is 5.75 Å². The van der Waals surface area contributed by atoms with E-state index in [1.54, 1.807) is 18.2 Å². The van der Waals surface area contributed by atoms with Crippen molar-refractivity contribution < 1.29 is 14.3 Å². The summed E-state index contributed by atoms with van der Waals surface area (Å²) in [6, 6.07) is 5.25. The largest absolute Gasteiger partial charge is 0.486 e. The summed E-state index contributed by atoms with van der Waals surface area (Å²) in [5.74, 6) is 0.768. The Balaban J connectivity index is 2.10. The van der Waals surface area contributed by atoms with E-state index in [-0.39, 0.29) is 17.8 Å². The van der Waals surface area contributed by atoms with Crippen molar-refractivity contribution in [3.05, 3.63) is 28.8 Å². The fourth-order valence-corrected chi connectivity index (χ4v) is 2.23. The van der Waals surface area contributed by atoms with Crippen LogP contribution in [-0.2, 0) is 4.74 Å². The SMILES string of the molecule is CC[C@@H](C)C(=O)c1ccc(OC2CCOC2)c(Cl)c1. The third-order valence-electron chi connectivity index (χ3n) is 3.46. The van der Waals surface area contributed by atoms with E-state index in [0.29, 0.717) is 22.9 Å². The lowest BCUT2D eigenvalue weighted by atomic mass is 9.97. The van der Waals surface area contributed by atoms with Crippen LogP contribution >= 0.6 is 11.6 Å². The van der Waals surface area contributed by atoms with Crippen LogP contribution < -0.4 is 4.74 Å². The average molecular weight is 283 g/mol. The molecule has 1 aromatic carbocycles. The Labute approximate surface area is 118 Å². The van der Waals surface area contributed by atoms with E-state index in [4.69, 9.17) is 21.1 Å². The molecule has 0 aliphatic carbocycles. The maximum absolute atomic E-state index is 12.1. The molecule has 1 fully saturated rings. The highest BCUT2D eigenvalue weighted by Gasteiger charge is 2.19. The quantitative estimate of drug-likeness (QED) is 0.772. The number of benzene rings is 1. The highest BCUT2D eigenvalue weighted by atomic mass is 35.5. The Morgan fingerprint density at radius 3 is 2.95 bits per heavy atom. The zero-order valence-electron chi connectivity index (χ0n) is 11.3. The van der Waals surface area contributed by atoms with E-state index in [1.807, 2.05) is 13.8 Å². The molecule has 1 aromatic rings. The molecule has 0 N–H and O–H groups in total. The van der Waals surface area contributed by atoms with Gasteiger partial charge in [-0.1, -0.05) is 25.4 Å². The lowest BCUT2D eigenvalue weighted by Gasteiger charge is -2.14. The third kappa shape index (κ3) is 3.48. The Morgan fingerprint density at radius 2 is 2.37 bits per heavy atom. The van der Waals surface area contributed by atoms with Crippen LogP contribution in [0.3, 0.4) is 0 Å². The fraction of sp³-hybridized carbons (Fsp3) is 0.533. The van der Waals surface area contributed by atoms with Gasteiger partial charge in [-0.25, -0.2) is 0 Å². The standard InChI is InChI=1S/C15H19ClO3/c1-3-10(2)15(17)11-4-5-14(13(16)8-11)19-12-6-7-18-9-12/h4-5,8,10,12H,3,6-7,9H2,1-2H3/t10-,12?/m1/s1. The highest BCUT2D eigenvalue weighted by molar-refractivity contribution is 6.32. The van der Waals surface area contributed by atoms with Gasteiger partial charge in [0.25, 0.3) is 0 Å². The van der Waals surface area contributed by atoms with E-state index in [9.17, 15) is 4.79 Å². The third-order valence-corrected chi connectivity index (χ3v) is 3.75. The molecule has 0 radical (unpaired) electrons. The summed E-state index contributed by atoms with van der Waals surface area (Å²) in [4.78, 5) is 12.1. The molecule has 2 atom stereocenters. The maximum atomic E-state index is 12.1. The Bertz CT molecular complexity index is 453. The fourth-order valence-electron chi connectivity index (χ4n) is 2.00. The van der Waals surface area contributed by atoms with Crippen molar-refractivity contribution in [3.63, 3.8) is 0 Å². The molecule has 1 aliphatic heterocycles. The van der Waals surface area contributed by atoms with Crippen LogP contribution in [0.25, 0.3) is 0 Å². The molecule has 2 rings (SSSR count). The molecule has 1 aliphatic rings. The number of Topliss-reactive ketones (excluding diaryl/α,β-unsaturated/α-hetero) is 1. The number of ketones is 1. The van der Waals surface area contributed by atoms with Crippen LogP contribution in [-0.4, -0.2) is 25.1 Å². The summed E-state index contributed by atoms with van der Waals surface area (Å²) in [6.45, 7) is 5.26. The molecule has 0 spiro atoms. The predicted molar refractivity (Wildman–Crippen MR) is 75.1 cm³/mol. The van der Waals surface area contributed by atoms with Crippen LogP contribution in [0.4, 0.5) is 0 Å². The van der Waals surface area contributed by atoms with Crippen molar-refractivity contribution in [2.75, 3.05) is 13.2 Å². The van der Waals surface area contributed by atoms with Gasteiger partial charge in [-0.3, -0.25) is 4.79 Å². The summed E-state index contributed by atoms with van der Waals surface area (Å²) >= 11 is 6.18. The van der Waals surface area contributed by atoms with Gasteiger partial charge in [-0.15, -0.1) is 0 Å². The average Bonchev–Trinajstić information content (AvgIpc) is 2.92. The van der Waals surface area contributed by atoms with E-state index >= 15 is 0 Å². The molecular weight excluding hydrogens is 264 g/mol. The minimum absolute atomic E-state index is 0.0195. The summed E-state index contributed by atoms with van der Waals surface area (Å²) in [5.41, 5.74) is 0.648. The Kier molecular flexibility index (Phi) is 4.83. The van der Waals surface area contributed by atoms with E-state index in [2.05, 4.69) is 0 Å². The lowest BCUT2D eigenvalue weighted by molar-refractivity contribution is 0.0927. The number of rotatable bonds is 5. The van der Waals surface area contributed by atoms with Gasteiger partial charge in [0.2, 0.25) is 0 Å². The number of hydrogen-bond acceptors (Lipinski definition) is 3. The summed E-state index contributed by atoms with van der Waals surface area (Å²) < 4.78 is 11.0. The first kappa shape index (κ1) is 14.4. The van der Waals surface area contributed by atoms with Crippen molar-refractivity contribution in [1.29, 1.82) is 0 Å². The molecule has 1 heterocycles. The second-order valence-electron chi connectivity index (χ2n) is 4.92. The first-order valence-corrected chi connectivity index (χ1v) is 7.07. The summed E-state index contributed by atoms with van der Waals surface area (Å²) in [5, 5.41) is 0.487. The van der Waals surface area contributed by atoms with Gasteiger partial charge in [0, 0.05) is 17.9 Å². The number of hydrogen-bond donors (Lipinski definition) is 0. The minimum Gasteiger partial charge on any atom is -0.486 e. The molecule has 3 nitrogen and oxygen atoms in total. The number of carbonyl (C=O) groups is 1. The van der Waals surface area contributed by atoms with E-state index in [1.165, 1.54) is 0 Å². The highest BCUT2D eigenvalue weighted by Crippen LogP contribution is 2.28. The molecular formula is C15H19ClO3. The zero-order chi connectivity index (χ0) is 13.8. The van der Waals surface area contributed by atoms with E-state index in [0.717, 1.165) is 19.4 Å².